The molecule has 0 fully saturated rings. The van der Waals surface area contributed by atoms with Crippen LogP contribution in [0.15, 0.2) is 66.0 Å². The van der Waals surface area contributed by atoms with Gasteiger partial charge < -0.3 is 10.0 Å². The Hall–Kier alpha value is -2.66. The largest absolute Gasteiger partial charge is 0.476 e. The van der Waals surface area contributed by atoms with Crippen LogP contribution in [-0.2, 0) is 13.1 Å². The van der Waals surface area contributed by atoms with Gasteiger partial charge in [0, 0.05) is 17.6 Å². The predicted octanol–water partition coefficient (Wildman–Crippen LogP) is 4.05. The van der Waals surface area contributed by atoms with Crippen molar-refractivity contribution < 1.29 is 9.90 Å². The van der Waals surface area contributed by atoms with Crippen LogP contribution in [0.1, 0.15) is 21.1 Å². The summed E-state index contributed by atoms with van der Waals surface area (Å²) in [6.07, 6.45) is 0. The van der Waals surface area contributed by atoms with Gasteiger partial charge in [0.2, 0.25) is 0 Å². The second-order valence-corrected chi connectivity index (χ2v) is 6.05. The highest BCUT2D eigenvalue weighted by atomic mass is 32.1. The van der Waals surface area contributed by atoms with Crippen LogP contribution in [0.2, 0.25) is 0 Å². The molecule has 23 heavy (non-hydrogen) atoms. The quantitative estimate of drug-likeness (QED) is 0.743. The van der Waals surface area contributed by atoms with E-state index in [1.165, 1.54) is 16.9 Å². The molecule has 0 saturated heterocycles. The van der Waals surface area contributed by atoms with Gasteiger partial charge in [0.05, 0.1) is 6.54 Å². The van der Waals surface area contributed by atoms with Gasteiger partial charge in [-0.1, -0.05) is 48.5 Å². The second-order valence-electron chi connectivity index (χ2n) is 5.11. The van der Waals surface area contributed by atoms with Gasteiger partial charge in [0.25, 0.3) is 0 Å². The molecule has 0 saturated carbocycles. The smallest absolute Gasteiger partial charge is 0.355 e. The Balaban J connectivity index is 1.84. The summed E-state index contributed by atoms with van der Waals surface area (Å²) in [6, 6.07) is 20.3. The van der Waals surface area contributed by atoms with Crippen molar-refractivity contribution in [2.75, 3.05) is 4.90 Å². The van der Waals surface area contributed by atoms with E-state index in [9.17, 15) is 4.79 Å². The van der Waals surface area contributed by atoms with E-state index in [1.54, 1.807) is 5.38 Å². The number of carboxylic acid groups (broad SMARTS) is 1. The Morgan fingerprint density at radius 3 is 2.26 bits per heavy atom. The predicted molar refractivity (Wildman–Crippen MR) is 91.8 cm³/mol. The average Bonchev–Trinajstić information content (AvgIpc) is 3.05. The molecule has 4 nitrogen and oxygen atoms in total. The molecule has 1 aromatic heterocycles. The van der Waals surface area contributed by atoms with Gasteiger partial charge in [-0.15, -0.1) is 11.3 Å². The number of benzene rings is 2. The fourth-order valence-electron chi connectivity index (χ4n) is 2.33. The Morgan fingerprint density at radius 1 is 1.00 bits per heavy atom. The maximum absolute atomic E-state index is 11.0. The Kier molecular flexibility index (Phi) is 4.68. The molecular weight excluding hydrogens is 308 g/mol. The van der Waals surface area contributed by atoms with Crippen molar-refractivity contribution >= 4 is 23.0 Å². The fourth-order valence-corrected chi connectivity index (χ4v) is 3.11. The summed E-state index contributed by atoms with van der Waals surface area (Å²) in [5.41, 5.74) is 2.40. The lowest BCUT2D eigenvalue weighted by Crippen LogP contribution is -2.22. The number of thiazole rings is 1. The molecule has 0 spiro atoms. The zero-order chi connectivity index (χ0) is 16.1. The molecule has 3 aromatic rings. The van der Waals surface area contributed by atoms with Crippen LogP contribution in [0.4, 0.5) is 5.69 Å². The van der Waals surface area contributed by atoms with E-state index in [0.717, 1.165) is 17.2 Å². The zero-order valence-corrected chi connectivity index (χ0v) is 13.2. The van der Waals surface area contributed by atoms with E-state index in [-0.39, 0.29) is 5.69 Å². The molecule has 1 heterocycles. The molecule has 3 rings (SSSR count). The van der Waals surface area contributed by atoms with E-state index >= 15 is 0 Å². The van der Waals surface area contributed by atoms with Gasteiger partial charge in [-0.3, -0.25) is 0 Å². The molecule has 0 unspecified atom stereocenters. The third-order valence-electron chi connectivity index (χ3n) is 3.43. The van der Waals surface area contributed by atoms with E-state index in [2.05, 4.69) is 34.1 Å². The summed E-state index contributed by atoms with van der Waals surface area (Å²) in [4.78, 5) is 17.4. The van der Waals surface area contributed by atoms with Gasteiger partial charge in [-0.05, 0) is 17.7 Å². The van der Waals surface area contributed by atoms with Crippen molar-refractivity contribution in [2.45, 2.75) is 13.1 Å². The highest BCUT2D eigenvalue weighted by Gasteiger charge is 2.13. The third-order valence-corrected chi connectivity index (χ3v) is 4.27. The molecule has 0 amide bonds. The molecule has 0 aliphatic carbocycles. The van der Waals surface area contributed by atoms with Crippen molar-refractivity contribution in [3.8, 4) is 0 Å². The topological polar surface area (TPSA) is 53.4 Å². The highest BCUT2D eigenvalue weighted by molar-refractivity contribution is 7.09. The minimum atomic E-state index is -0.984. The maximum Gasteiger partial charge on any atom is 0.355 e. The zero-order valence-electron chi connectivity index (χ0n) is 12.4. The van der Waals surface area contributed by atoms with Crippen LogP contribution in [-0.4, -0.2) is 16.1 Å². The van der Waals surface area contributed by atoms with Crippen LogP contribution in [0.3, 0.4) is 0 Å². The van der Waals surface area contributed by atoms with Crippen LogP contribution < -0.4 is 4.90 Å². The number of aromatic carboxylic acids is 1. The Bertz CT molecular complexity index is 772. The van der Waals surface area contributed by atoms with Gasteiger partial charge in [0.1, 0.15) is 5.01 Å². The second kappa shape index (κ2) is 7.07. The van der Waals surface area contributed by atoms with E-state index < -0.39 is 5.97 Å². The maximum atomic E-state index is 11.0. The van der Waals surface area contributed by atoms with Gasteiger partial charge >= 0.3 is 5.97 Å². The van der Waals surface area contributed by atoms with Crippen LogP contribution >= 0.6 is 11.3 Å². The van der Waals surface area contributed by atoms with Crippen molar-refractivity contribution in [1.82, 2.24) is 4.98 Å². The molecule has 0 bridgehead atoms. The first-order chi connectivity index (χ1) is 11.2. The summed E-state index contributed by atoms with van der Waals surface area (Å²) in [5, 5.41) is 11.4. The van der Waals surface area contributed by atoms with Crippen molar-refractivity contribution in [1.29, 1.82) is 0 Å². The lowest BCUT2D eigenvalue weighted by molar-refractivity contribution is 0.0691. The third kappa shape index (κ3) is 3.96. The number of rotatable bonds is 6. The van der Waals surface area contributed by atoms with Crippen molar-refractivity contribution in [3.05, 3.63) is 82.3 Å². The molecule has 0 aliphatic rings. The average molecular weight is 324 g/mol. The molecule has 116 valence electrons. The van der Waals surface area contributed by atoms with Gasteiger partial charge in [-0.25, -0.2) is 9.78 Å². The normalized spacial score (nSPS) is 10.4. The molecule has 1 N–H and O–H groups in total. The van der Waals surface area contributed by atoms with Crippen LogP contribution in [0.5, 0.6) is 0 Å². The number of anilines is 1. The number of para-hydroxylation sites is 1. The molecule has 2 aromatic carbocycles. The number of hydrogen-bond donors (Lipinski definition) is 1. The molecule has 0 atom stereocenters. The SMILES string of the molecule is O=C(O)c1csc(CN(Cc2ccccc2)c2ccccc2)n1. The number of nitrogens with zero attached hydrogens (tertiary/aromatic N) is 2. The van der Waals surface area contributed by atoms with Crippen molar-refractivity contribution in [3.63, 3.8) is 0 Å². The first kappa shape index (κ1) is 15.2. The van der Waals surface area contributed by atoms with Crippen molar-refractivity contribution in [2.24, 2.45) is 0 Å². The molecular formula is C18H16N2O2S. The van der Waals surface area contributed by atoms with Crippen LogP contribution in [0, 0.1) is 0 Å². The standard InChI is InChI=1S/C18H16N2O2S/c21-18(22)16-13-23-17(19-16)12-20(15-9-5-2-6-10-15)11-14-7-3-1-4-8-14/h1-10,13H,11-12H2,(H,21,22). The molecule has 0 radical (unpaired) electrons. The monoisotopic (exact) mass is 324 g/mol. The number of aromatic nitrogens is 1. The number of carbonyl (C=O) groups is 1. The molecule has 5 heteroatoms. The van der Waals surface area contributed by atoms with E-state index in [4.69, 9.17) is 5.11 Å². The van der Waals surface area contributed by atoms with Crippen LogP contribution in [0.25, 0.3) is 0 Å². The van der Waals surface area contributed by atoms with E-state index in [1.807, 2.05) is 36.4 Å². The summed E-state index contributed by atoms with van der Waals surface area (Å²) >= 11 is 1.38. The Morgan fingerprint density at radius 2 is 1.65 bits per heavy atom. The van der Waals surface area contributed by atoms with E-state index in [0.29, 0.717) is 6.54 Å². The number of hydrogen-bond acceptors (Lipinski definition) is 4. The molecule has 0 aliphatic heterocycles. The lowest BCUT2D eigenvalue weighted by atomic mass is 10.2. The number of carboxylic acids is 1. The van der Waals surface area contributed by atoms with Gasteiger partial charge in [0.15, 0.2) is 5.69 Å². The summed E-state index contributed by atoms with van der Waals surface area (Å²) in [7, 11) is 0. The first-order valence-electron chi connectivity index (χ1n) is 7.24. The summed E-state index contributed by atoms with van der Waals surface area (Å²) in [6.45, 7) is 1.32. The minimum Gasteiger partial charge on any atom is -0.476 e. The summed E-state index contributed by atoms with van der Waals surface area (Å²) in [5.74, 6) is -0.984. The first-order valence-corrected chi connectivity index (χ1v) is 8.12. The Labute approximate surface area is 138 Å². The summed E-state index contributed by atoms with van der Waals surface area (Å²) < 4.78 is 0. The fraction of sp³-hybridized carbons (Fsp3) is 0.111. The van der Waals surface area contributed by atoms with Gasteiger partial charge in [-0.2, -0.15) is 0 Å². The lowest BCUT2D eigenvalue weighted by Gasteiger charge is -2.24. The highest BCUT2D eigenvalue weighted by Crippen LogP contribution is 2.21. The minimum absolute atomic E-state index is 0.109.